The minimum absolute atomic E-state index is 0.156. The smallest absolute Gasteiger partial charge is 0.123 e. The maximum atomic E-state index is 9.34. The second kappa shape index (κ2) is 3.94. The van der Waals surface area contributed by atoms with Crippen LogP contribution in [0.15, 0.2) is 18.3 Å². The standard InChI is InChI=1S/C10H15N3O/c11-10-2-1-8(5-12-10)6-13-4-3-9(14)7-13/h1-2,5,9,14H,3-4,6-7H2,(H2,11,12)/t9-/m1/s1. The number of rotatable bonds is 2. The van der Waals surface area contributed by atoms with Crippen LogP contribution in [0.1, 0.15) is 12.0 Å². The third-order valence-corrected chi connectivity index (χ3v) is 2.50. The van der Waals surface area contributed by atoms with Gasteiger partial charge >= 0.3 is 0 Å². The molecule has 4 nitrogen and oxygen atoms in total. The Labute approximate surface area is 83.4 Å². The van der Waals surface area contributed by atoms with E-state index in [4.69, 9.17) is 5.73 Å². The molecule has 14 heavy (non-hydrogen) atoms. The normalized spacial score (nSPS) is 22.8. The van der Waals surface area contributed by atoms with Crippen molar-refractivity contribution < 1.29 is 5.11 Å². The molecule has 0 aliphatic carbocycles. The van der Waals surface area contributed by atoms with E-state index in [0.29, 0.717) is 5.82 Å². The predicted octanol–water partition coefficient (Wildman–Crippen LogP) is 0.230. The van der Waals surface area contributed by atoms with E-state index in [0.717, 1.165) is 31.6 Å². The number of nitrogens with zero attached hydrogens (tertiary/aromatic N) is 2. The zero-order valence-electron chi connectivity index (χ0n) is 8.06. The molecule has 1 fully saturated rings. The van der Waals surface area contributed by atoms with Crippen molar-refractivity contribution in [1.29, 1.82) is 0 Å². The maximum absolute atomic E-state index is 9.34. The van der Waals surface area contributed by atoms with Gasteiger partial charge in [-0.05, 0) is 18.1 Å². The van der Waals surface area contributed by atoms with Crippen molar-refractivity contribution in [3.63, 3.8) is 0 Å². The highest BCUT2D eigenvalue weighted by molar-refractivity contribution is 5.29. The van der Waals surface area contributed by atoms with Gasteiger partial charge in [0, 0.05) is 25.8 Å². The van der Waals surface area contributed by atoms with E-state index < -0.39 is 0 Å². The van der Waals surface area contributed by atoms with Gasteiger partial charge in [0.25, 0.3) is 0 Å². The number of β-amino-alcohol motifs (C(OH)–C–C–N with tert-alkyl or cyclic N) is 1. The third-order valence-electron chi connectivity index (χ3n) is 2.50. The first-order valence-corrected chi connectivity index (χ1v) is 4.85. The van der Waals surface area contributed by atoms with E-state index >= 15 is 0 Å². The van der Waals surface area contributed by atoms with Crippen LogP contribution in [0.3, 0.4) is 0 Å². The minimum Gasteiger partial charge on any atom is -0.392 e. The van der Waals surface area contributed by atoms with Crippen molar-refractivity contribution >= 4 is 5.82 Å². The Kier molecular flexibility index (Phi) is 2.65. The van der Waals surface area contributed by atoms with Crippen molar-refractivity contribution in [2.24, 2.45) is 0 Å². The van der Waals surface area contributed by atoms with Crippen molar-refractivity contribution in [1.82, 2.24) is 9.88 Å². The Morgan fingerprint density at radius 3 is 3.00 bits per heavy atom. The number of hydrogen-bond donors (Lipinski definition) is 2. The highest BCUT2D eigenvalue weighted by atomic mass is 16.3. The van der Waals surface area contributed by atoms with E-state index in [1.807, 2.05) is 12.1 Å². The molecule has 0 radical (unpaired) electrons. The molecule has 2 rings (SSSR count). The van der Waals surface area contributed by atoms with E-state index in [9.17, 15) is 5.11 Å². The zero-order valence-corrected chi connectivity index (χ0v) is 8.06. The zero-order chi connectivity index (χ0) is 9.97. The lowest BCUT2D eigenvalue weighted by Crippen LogP contribution is -2.21. The summed E-state index contributed by atoms with van der Waals surface area (Å²) in [5, 5.41) is 9.34. The van der Waals surface area contributed by atoms with Gasteiger partial charge in [0.1, 0.15) is 5.82 Å². The molecule has 4 heteroatoms. The van der Waals surface area contributed by atoms with Gasteiger partial charge in [-0.3, -0.25) is 4.90 Å². The van der Waals surface area contributed by atoms with Crippen LogP contribution in [0.25, 0.3) is 0 Å². The van der Waals surface area contributed by atoms with Gasteiger partial charge in [0.05, 0.1) is 6.10 Å². The number of nitrogen functional groups attached to an aromatic ring is 1. The molecular formula is C10H15N3O. The highest BCUT2D eigenvalue weighted by Gasteiger charge is 2.19. The molecule has 76 valence electrons. The summed E-state index contributed by atoms with van der Waals surface area (Å²) in [7, 11) is 0. The molecule has 0 aromatic carbocycles. The number of anilines is 1. The second-order valence-corrected chi connectivity index (χ2v) is 3.77. The van der Waals surface area contributed by atoms with Crippen LogP contribution in [0.2, 0.25) is 0 Å². The number of aromatic nitrogens is 1. The molecule has 2 heterocycles. The fraction of sp³-hybridized carbons (Fsp3) is 0.500. The van der Waals surface area contributed by atoms with Crippen LogP contribution in [0, 0.1) is 0 Å². The number of pyridine rings is 1. The molecule has 3 N–H and O–H groups in total. The summed E-state index contributed by atoms with van der Waals surface area (Å²) in [5.41, 5.74) is 6.64. The first-order valence-electron chi connectivity index (χ1n) is 4.85. The third kappa shape index (κ3) is 2.21. The average molecular weight is 193 g/mol. The molecule has 0 amide bonds. The van der Waals surface area contributed by atoms with E-state index in [1.165, 1.54) is 0 Å². The molecule has 1 aromatic rings. The van der Waals surface area contributed by atoms with E-state index in [1.54, 1.807) is 6.20 Å². The second-order valence-electron chi connectivity index (χ2n) is 3.77. The van der Waals surface area contributed by atoms with Crippen molar-refractivity contribution in [3.05, 3.63) is 23.9 Å². The minimum atomic E-state index is -0.156. The molecule has 1 aliphatic heterocycles. The number of aliphatic hydroxyl groups is 1. The summed E-state index contributed by atoms with van der Waals surface area (Å²) in [5.74, 6) is 0.551. The SMILES string of the molecule is Nc1ccc(CN2CC[C@@H](O)C2)cn1. The first-order chi connectivity index (χ1) is 6.74. The van der Waals surface area contributed by atoms with Crippen molar-refractivity contribution in [3.8, 4) is 0 Å². The first kappa shape index (κ1) is 9.43. The number of hydrogen-bond acceptors (Lipinski definition) is 4. The Morgan fingerprint density at radius 1 is 1.57 bits per heavy atom. The van der Waals surface area contributed by atoms with E-state index in [2.05, 4.69) is 9.88 Å². The highest BCUT2D eigenvalue weighted by Crippen LogP contribution is 2.13. The average Bonchev–Trinajstić information content (AvgIpc) is 2.56. The van der Waals surface area contributed by atoms with Gasteiger partial charge in [-0.25, -0.2) is 4.98 Å². The molecule has 1 aliphatic rings. The number of nitrogens with two attached hydrogens (primary N) is 1. The van der Waals surface area contributed by atoms with Crippen LogP contribution in [0.4, 0.5) is 5.82 Å². The summed E-state index contributed by atoms with van der Waals surface area (Å²) in [6.07, 6.45) is 2.51. The van der Waals surface area contributed by atoms with Gasteiger partial charge in [-0.15, -0.1) is 0 Å². The lowest BCUT2D eigenvalue weighted by molar-refractivity contribution is 0.175. The topological polar surface area (TPSA) is 62.4 Å². The quantitative estimate of drug-likeness (QED) is 0.706. The van der Waals surface area contributed by atoms with Crippen LogP contribution < -0.4 is 5.73 Å². The summed E-state index contributed by atoms with van der Waals surface area (Å²) < 4.78 is 0. The molecular weight excluding hydrogens is 178 g/mol. The van der Waals surface area contributed by atoms with Crippen LogP contribution >= 0.6 is 0 Å². The summed E-state index contributed by atoms with van der Waals surface area (Å²) in [6.45, 7) is 2.58. The van der Waals surface area contributed by atoms with Gasteiger partial charge in [-0.1, -0.05) is 6.07 Å². The number of aliphatic hydroxyl groups excluding tert-OH is 1. The van der Waals surface area contributed by atoms with Crippen molar-refractivity contribution in [2.45, 2.75) is 19.1 Å². The molecule has 1 aromatic heterocycles. The van der Waals surface area contributed by atoms with Gasteiger partial charge in [0.15, 0.2) is 0 Å². The fourth-order valence-corrected chi connectivity index (χ4v) is 1.74. The lowest BCUT2D eigenvalue weighted by atomic mass is 10.2. The monoisotopic (exact) mass is 193 g/mol. The molecule has 1 saturated heterocycles. The Bertz CT molecular complexity index is 299. The van der Waals surface area contributed by atoms with Crippen LogP contribution in [-0.4, -0.2) is 34.2 Å². The fourth-order valence-electron chi connectivity index (χ4n) is 1.74. The molecule has 1 atom stereocenters. The van der Waals surface area contributed by atoms with Gasteiger partial charge in [0.2, 0.25) is 0 Å². The Balaban J connectivity index is 1.94. The Morgan fingerprint density at radius 2 is 2.43 bits per heavy atom. The largest absolute Gasteiger partial charge is 0.392 e. The van der Waals surface area contributed by atoms with Crippen LogP contribution in [0.5, 0.6) is 0 Å². The molecule has 0 spiro atoms. The van der Waals surface area contributed by atoms with Crippen molar-refractivity contribution in [2.75, 3.05) is 18.8 Å². The molecule has 0 bridgehead atoms. The summed E-state index contributed by atoms with van der Waals surface area (Å²) in [4.78, 5) is 6.25. The predicted molar refractivity (Wildman–Crippen MR) is 54.6 cm³/mol. The lowest BCUT2D eigenvalue weighted by Gasteiger charge is -2.14. The maximum Gasteiger partial charge on any atom is 0.123 e. The molecule has 0 unspecified atom stereocenters. The van der Waals surface area contributed by atoms with Crippen LogP contribution in [-0.2, 0) is 6.54 Å². The molecule has 0 saturated carbocycles. The van der Waals surface area contributed by atoms with E-state index in [-0.39, 0.29) is 6.10 Å². The summed E-state index contributed by atoms with van der Waals surface area (Å²) in [6, 6.07) is 3.79. The Hall–Kier alpha value is -1.13. The number of likely N-dealkylation sites (tertiary alicyclic amines) is 1. The van der Waals surface area contributed by atoms with Gasteiger partial charge < -0.3 is 10.8 Å². The summed E-state index contributed by atoms with van der Waals surface area (Å²) >= 11 is 0. The van der Waals surface area contributed by atoms with Gasteiger partial charge in [-0.2, -0.15) is 0 Å².